The van der Waals surface area contributed by atoms with Gasteiger partial charge in [0, 0.05) is 26.6 Å². The van der Waals surface area contributed by atoms with Gasteiger partial charge in [0.1, 0.15) is 0 Å². The Morgan fingerprint density at radius 3 is 2.58 bits per heavy atom. The van der Waals surface area contributed by atoms with Crippen molar-refractivity contribution < 1.29 is 9.53 Å². The van der Waals surface area contributed by atoms with Crippen molar-refractivity contribution in [2.24, 2.45) is 5.92 Å². The van der Waals surface area contributed by atoms with Crippen LogP contribution in [0, 0.1) is 5.92 Å². The van der Waals surface area contributed by atoms with Gasteiger partial charge in [-0.3, -0.25) is 4.79 Å². The molecule has 1 amide bonds. The molecule has 1 saturated carbocycles. The molecular weight excluding hydrogens is 240 g/mol. The molecule has 1 unspecified atom stereocenters. The fraction of sp³-hybridized carbons (Fsp3) is 0.933. The molecule has 0 radical (unpaired) electrons. The second-order valence-electron chi connectivity index (χ2n) is 6.07. The SMILES string of the molecule is COC1CCC(N(C)C(=O)CCC2CCNC2)CC1. The number of ether oxygens (including phenoxy) is 1. The first-order valence-electron chi connectivity index (χ1n) is 7.70. The molecular formula is C15H28N2O2. The minimum atomic E-state index is 0.327. The van der Waals surface area contributed by atoms with Crippen molar-refractivity contribution in [3.8, 4) is 0 Å². The minimum absolute atomic E-state index is 0.327. The second kappa shape index (κ2) is 7.25. The third kappa shape index (κ3) is 4.18. The van der Waals surface area contributed by atoms with Gasteiger partial charge in [0.25, 0.3) is 0 Å². The van der Waals surface area contributed by atoms with E-state index in [0.717, 1.165) is 45.2 Å². The van der Waals surface area contributed by atoms with Crippen LogP contribution in [-0.4, -0.2) is 50.2 Å². The van der Waals surface area contributed by atoms with Crippen LogP contribution in [0.2, 0.25) is 0 Å². The highest BCUT2D eigenvalue weighted by atomic mass is 16.5. The summed E-state index contributed by atoms with van der Waals surface area (Å²) in [6, 6.07) is 0.431. The van der Waals surface area contributed by atoms with E-state index < -0.39 is 0 Å². The van der Waals surface area contributed by atoms with Crippen LogP contribution < -0.4 is 5.32 Å². The number of carbonyl (C=O) groups is 1. The molecule has 19 heavy (non-hydrogen) atoms. The zero-order chi connectivity index (χ0) is 13.7. The Kier molecular flexibility index (Phi) is 5.64. The number of hydrogen-bond acceptors (Lipinski definition) is 3. The minimum Gasteiger partial charge on any atom is -0.381 e. The lowest BCUT2D eigenvalue weighted by Crippen LogP contribution is -2.40. The average molecular weight is 268 g/mol. The van der Waals surface area contributed by atoms with Crippen molar-refractivity contribution in [3.05, 3.63) is 0 Å². The molecule has 1 aliphatic heterocycles. The van der Waals surface area contributed by atoms with Gasteiger partial charge in [-0.1, -0.05) is 0 Å². The van der Waals surface area contributed by atoms with Gasteiger partial charge in [-0.15, -0.1) is 0 Å². The number of methoxy groups -OCH3 is 1. The maximum absolute atomic E-state index is 12.2. The number of amides is 1. The Bertz CT molecular complexity index is 282. The Balaban J connectivity index is 1.69. The third-order valence-corrected chi connectivity index (χ3v) is 4.85. The van der Waals surface area contributed by atoms with E-state index in [2.05, 4.69) is 5.32 Å². The topological polar surface area (TPSA) is 41.6 Å². The normalized spacial score (nSPS) is 31.4. The van der Waals surface area contributed by atoms with E-state index in [4.69, 9.17) is 4.74 Å². The maximum atomic E-state index is 12.2. The van der Waals surface area contributed by atoms with Gasteiger partial charge < -0.3 is 15.0 Å². The molecule has 1 atom stereocenters. The molecule has 110 valence electrons. The van der Waals surface area contributed by atoms with Crippen molar-refractivity contribution >= 4 is 5.91 Å². The summed E-state index contributed by atoms with van der Waals surface area (Å²) >= 11 is 0. The van der Waals surface area contributed by atoms with E-state index in [9.17, 15) is 4.79 Å². The molecule has 2 aliphatic rings. The summed E-state index contributed by atoms with van der Waals surface area (Å²) < 4.78 is 5.38. The molecule has 0 spiro atoms. The maximum Gasteiger partial charge on any atom is 0.222 e. The highest BCUT2D eigenvalue weighted by molar-refractivity contribution is 5.76. The van der Waals surface area contributed by atoms with E-state index in [0.29, 0.717) is 30.4 Å². The summed E-state index contributed by atoms with van der Waals surface area (Å²) in [5.41, 5.74) is 0. The van der Waals surface area contributed by atoms with E-state index in [1.165, 1.54) is 6.42 Å². The smallest absolute Gasteiger partial charge is 0.222 e. The molecule has 2 fully saturated rings. The molecule has 1 aliphatic carbocycles. The van der Waals surface area contributed by atoms with Gasteiger partial charge in [-0.2, -0.15) is 0 Å². The summed E-state index contributed by atoms with van der Waals surface area (Å²) in [5, 5.41) is 3.36. The van der Waals surface area contributed by atoms with Gasteiger partial charge >= 0.3 is 0 Å². The van der Waals surface area contributed by atoms with Crippen LogP contribution in [0.25, 0.3) is 0 Å². The summed E-state index contributed by atoms with van der Waals surface area (Å²) in [6.45, 7) is 2.21. The molecule has 1 N–H and O–H groups in total. The molecule has 4 nitrogen and oxygen atoms in total. The van der Waals surface area contributed by atoms with Crippen LogP contribution in [0.15, 0.2) is 0 Å². The van der Waals surface area contributed by atoms with Crippen molar-refractivity contribution in [1.82, 2.24) is 10.2 Å². The van der Waals surface area contributed by atoms with Crippen molar-refractivity contribution in [2.75, 3.05) is 27.2 Å². The van der Waals surface area contributed by atoms with E-state index in [-0.39, 0.29) is 0 Å². The van der Waals surface area contributed by atoms with E-state index in [1.807, 2.05) is 11.9 Å². The zero-order valence-corrected chi connectivity index (χ0v) is 12.4. The Labute approximate surface area is 116 Å². The van der Waals surface area contributed by atoms with Crippen LogP contribution in [0.5, 0.6) is 0 Å². The van der Waals surface area contributed by atoms with Crippen LogP contribution in [-0.2, 0) is 9.53 Å². The van der Waals surface area contributed by atoms with Crippen LogP contribution in [0.4, 0.5) is 0 Å². The molecule has 4 heteroatoms. The standard InChI is InChI=1S/C15H28N2O2/c1-17(13-4-6-14(19-2)7-5-13)15(18)8-3-12-9-10-16-11-12/h12-14,16H,3-11H2,1-2H3. The van der Waals surface area contributed by atoms with E-state index >= 15 is 0 Å². The Morgan fingerprint density at radius 2 is 2.00 bits per heavy atom. The van der Waals surface area contributed by atoms with Crippen molar-refractivity contribution in [2.45, 2.75) is 57.1 Å². The second-order valence-corrected chi connectivity index (χ2v) is 6.07. The highest BCUT2D eigenvalue weighted by Gasteiger charge is 2.26. The predicted molar refractivity (Wildman–Crippen MR) is 76.0 cm³/mol. The lowest BCUT2D eigenvalue weighted by Gasteiger charge is -2.34. The first-order valence-corrected chi connectivity index (χ1v) is 7.70. The van der Waals surface area contributed by atoms with Gasteiger partial charge in [0.15, 0.2) is 0 Å². The number of carbonyl (C=O) groups excluding carboxylic acids is 1. The summed E-state index contributed by atoms with van der Waals surface area (Å²) in [5.74, 6) is 1.04. The van der Waals surface area contributed by atoms with Crippen LogP contribution in [0.1, 0.15) is 44.9 Å². The number of hydrogen-bond donors (Lipinski definition) is 1. The lowest BCUT2D eigenvalue weighted by molar-refractivity contribution is -0.133. The van der Waals surface area contributed by atoms with Gasteiger partial charge in [0.05, 0.1) is 6.10 Å². The van der Waals surface area contributed by atoms with Crippen LogP contribution in [0.3, 0.4) is 0 Å². The monoisotopic (exact) mass is 268 g/mol. The van der Waals surface area contributed by atoms with Gasteiger partial charge in [0.2, 0.25) is 5.91 Å². The Hall–Kier alpha value is -0.610. The molecule has 0 bridgehead atoms. The number of nitrogens with one attached hydrogen (secondary N) is 1. The lowest BCUT2D eigenvalue weighted by atomic mass is 9.91. The number of rotatable bonds is 5. The number of nitrogens with zero attached hydrogens (tertiary/aromatic N) is 1. The zero-order valence-electron chi connectivity index (χ0n) is 12.4. The predicted octanol–water partition coefficient (Wildman–Crippen LogP) is 1.79. The Morgan fingerprint density at radius 1 is 1.26 bits per heavy atom. The summed E-state index contributed by atoms with van der Waals surface area (Å²) in [6.07, 6.45) is 7.75. The molecule has 1 heterocycles. The van der Waals surface area contributed by atoms with Gasteiger partial charge in [-0.05, 0) is 57.5 Å². The molecule has 1 saturated heterocycles. The first-order chi connectivity index (χ1) is 9.20. The summed E-state index contributed by atoms with van der Waals surface area (Å²) in [7, 11) is 3.77. The fourth-order valence-corrected chi connectivity index (χ4v) is 3.34. The quantitative estimate of drug-likeness (QED) is 0.826. The third-order valence-electron chi connectivity index (χ3n) is 4.85. The summed E-state index contributed by atoms with van der Waals surface area (Å²) in [4.78, 5) is 14.2. The molecule has 0 aromatic heterocycles. The van der Waals surface area contributed by atoms with Crippen LogP contribution >= 0.6 is 0 Å². The largest absolute Gasteiger partial charge is 0.381 e. The average Bonchev–Trinajstić information content (AvgIpc) is 2.97. The van der Waals surface area contributed by atoms with Gasteiger partial charge in [-0.25, -0.2) is 0 Å². The fourth-order valence-electron chi connectivity index (χ4n) is 3.34. The molecule has 2 rings (SSSR count). The van der Waals surface area contributed by atoms with E-state index in [1.54, 1.807) is 7.11 Å². The molecule has 0 aromatic rings. The first kappa shape index (κ1) is 14.8. The highest BCUT2D eigenvalue weighted by Crippen LogP contribution is 2.25. The van der Waals surface area contributed by atoms with Crippen molar-refractivity contribution in [3.63, 3.8) is 0 Å². The molecule has 0 aromatic carbocycles. The van der Waals surface area contributed by atoms with Crippen molar-refractivity contribution in [1.29, 1.82) is 0 Å².